The molecule has 57 valence electrons. The quantitative estimate of drug-likeness (QED) is 0.586. The predicted molar refractivity (Wildman–Crippen MR) is 46.3 cm³/mol. The van der Waals surface area contributed by atoms with Gasteiger partial charge in [-0.1, -0.05) is 13.8 Å². The van der Waals surface area contributed by atoms with Gasteiger partial charge in [0, 0.05) is 51.4 Å². The van der Waals surface area contributed by atoms with Gasteiger partial charge in [-0.25, -0.2) is 0 Å². The molecule has 0 rings (SSSR count). The zero-order valence-electron chi connectivity index (χ0n) is 7.98. The van der Waals surface area contributed by atoms with Crippen LogP contribution >= 0.6 is 0 Å². The first-order valence-electron chi connectivity index (χ1n) is 3.86. The van der Waals surface area contributed by atoms with Crippen LogP contribution in [0.25, 0.3) is 0 Å². The summed E-state index contributed by atoms with van der Waals surface area (Å²) in [5.74, 6) is 0. The average Bonchev–Trinajstić information content (AvgIpc) is 1.87. The SMILES string of the molecule is CCC(C)OC(C)CC.[K]. The number of ether oxygens (including phenoxy) is 1. The van der Waals surface area contributed by atoms with E-state index in [9.17, 15) is 0 Å². The smallest absolute Gasteiger partial charge is 0.0548 e. The summed E-state index contributed by atoms with van der Waals surface area (Å²) in [5.41, 5.74) is 0. The van der Waals surface area contributed by atoms with Crippen molar-refractivity contribution in [3.05, 3.63) is 0 Å². The molecule has 0 heterocycles. The van der Waals surface area contributed by atoms with Gasteiger partial charge in [-0.3, -0.25) is 0 Å². The molecule has 0 N–H and O–H groups in total. The third kappa shape index (κ3) is 7.70. The van der Waals surface area contributed by atoms with Crippen molar-refractivity contribution in [2.75, 3.05) is 0 Å². The first-order chi connectivity index (χ1) is 4.20. The molecular formula is C8H18KO. The third-order valence-electron chi connectivity index (χ3n) is 1.61. The summed E-state index contributed by atoms with van der Waals surface area (Å²) in [5, 5.41) is 0. The van der Waals surface area contributed by atoms with Crippen LogP contribution in [0.5, 0.6) is 0 Å². The van der Waals surface area contributed by atoms with Gasteiger partial charge in [0.1, 0.15) is 0 Å². The minimum atomic E-state index is 0. The second kappa shape index (κ2) is 8.69. The largest absolute Gasteiger partial charge is 0.376 e. The van der Waals surface area contributed by atoms with Crippen molar-refractivity contribution < 1.29 is 4.74 Å². The van der Waals surface area contributed by atoms with Crippen molar-refractivity contribution in [2.45, 2.75) is 52.7 Å². The molecule has 0 saturated heterocycles. The molecule has 1 nitrogen and oxygen atoms in total. The molecule has 0 aromatic heterocycles. The molecule has 0 aliphatic carbocycles. The zero-order chi connectivity index (χ0) is 7.28. The fraction of sp³-hybridized carbons (Fsp3) is 1.00. The van der Waals surface area contributed by atoms with Crippen molar-refractivity contribution in [1.82, 2.24) is 0 Å². The van der Waals surface area contributed by atoms with Gasteiger partial charge in [-0.2, -0.15) is 0 Å². The van der Waals surface area contributed by atoms with Crippen LogP contribution in [-0.2, 0) is 4.74 Å². The van der Waals surface area contributed by atoms with E-state index in [0.29, 0.717) is 12.2 Å². The second-order valence-electron chi connectivity index (χ2n) is 2.57. The van der Waals surface area contributed by atoms with Gasteiger partial charge in [0.2, 0.25) is 0 Å². The van der Waals surface area contributed by atoms with E-state index in [0.717, 1.165) is 12.8 Å². The van der Waals surface area contributed by atoms with Crippen LogP contribution in [0.3, 0.4) is 0 Å². The van der Waals surface area contributed by atoms with E-state index in [1.807, 2.05) is 0 Å². The summed E-state index contributed by atoms with van der Waals surface area (Å²) in [6.45, 7) is 8.53. The number of hydrogen-bond donors (Lipinski definition) is 0. The third-order valence-corrected chi connectivity index (χ3v) is 1.61. The molecule has 10 heavy (non-hydrogen) atoms. The fourth-order valence-electron chi connectivity index (χ4n) is 0.589. The molecule has 0 aromatic rings. The fourth-order valence-corrected chi connectivity index (χ4v) is 0.589. The van der Waals surface area contributed by atoms with Crippen molar-refractivity contribution in [2.24, 2.45) is 0 Å². The Balaban J connectivity index is 0. The van der Waals surface area contributed by atoms with Crippen molar-refractivity contribution >= 4 is 51.4 Å². The van der Waals surface area contributed by atoms with Crippen molar-refractivity contribution in [3.8, 4) is 0 Å². The van der Waals surface area contributed by atoms with Gasteiger partial charge in [0.15, 0.2) is 0 Å². The van der Waals surface area contributed by atoms with E-state index in [1.54, 1.807) is 0 Å². The van der Waals surface area contributed by atoms with Gasteiger partial charge in [0.05, 0.1) is 12.2 Å². The summed E-state index contributed by atoms with van der Waals surface area (Å²) in [6, 6.07) is 0. The summed E-state index contributed by atoms with van der Waals surface area (Å²) >= 11 is 0. The standard InChI is InChI=1S/C8H18O.K/c1-5-7(3)9-8(4)6-2;/h7-8H,5-6H2,1-4H3;. The van der Waals surface area contributed by atoms with Crippen LogP contribution in [0.4, 0.5) is 0 Å². The van der Waals surface area contributed by atoms with Gasteiger partial charge in [-0.05, 0) is 26.7 Å². The van der Waals surface area contributed by atoms with Crippen LogP contribution < -0.4 is 0 Å². The molecule has 2 unspecified atom stereocenters. The molecule has 2 atom stereocenters. The average molecular weight is 169 g/mol. The van der Waals surface area contributed by atoms with Crippen LogP contribution in [-0.4, -0.2) is 63.6 Å². The molecule has 0 bridgehead atoms. The number of hydrogen-bond acceptors (Lipinski definition) is 1. The number of rotatable bonds is 4. The molecule has 0 fully saturated rings. The topological polar surface area (TPSA) is 9.23 Å². The second-order valence-corrected chi connectivity index (χ2v) is 2.57. The van der Waals surface area contributed by atoms with E-state index >= 15 is 0 Å². The van der Waals surface area contributed by atoms with E-state index in [1.165, 1.54) is 0 Å². The normalized spacial score (nSPS) is 15.6. The Kier molecular flexibility index (Phi) is 12.3. The minimum absolute atomic E-state index is 0. The first kappa shape index (κ1) is 14.1. The Morgan fingerprint density at radius 1 is 1.00 bits per heavy atom. The monoisotopic (exact) mass is 169 g/mol. The van der Waals surface area contributed by atoms with Gasteiger partial charge >= 0.3 is 0 Å². The van der Waals surface area contributed by atoms with Crippen LogP contribution in [0, 0.1) is 0 Å². The molecule has 2 heteroatoms. The van der Waals surface area contributed by atoms with E-state index in [2.05, 4.69) is 27.7 Å². The first-order valence-corrected chi connectivity index (χ1v) is 3.86. The Morgan fingerprint density at radius 2 is 1.30 bits per heavy atom. The van der Waals surface area contributed by atoms with Crippen molar-refractivity contribution in [3.63, 3.8) is 0 Å². The Labute approximate surface area is 107 Å². The maximum absolute atomic E-state index is 5.55. The van der Waals surface area contributed by atoms with E-state index in [-0.39, 0.29) is 51.4 Å². The molecule has 0 aromatic carbocycles. The van der Waals surface area contributed by atoms with Crippen LogP contribution in [0.2, 0.25) is 0 Å². The molecule has 0 spiro atoms. The molecule has 0 aliphatic rings. The summed E-state index contributed by atoms with van der Waals surface area (Å²) in [4.78, 5) is 0. The Morgan fingerprint density at radius 3 is 1.50 bits per heavy atom. The van der Waals surface area contributed by atoms with Crippen molar-refractivity contribution in [1.29, 1.82) is 0 Å². The molecule has 1 radical (unpaired) electrons. The minimum Gasteiger partial charge on any atom is -0.376 e. The predicted octanol–water partition coefficient (Wildman–Crippen LogP) is 2.22. The summed E-state index contributed by atoms with van der Waals surface area (Å²) < 4.78 is 5.55. The van der Waals surface area contributed by atoms with Crippen LogP contribution in [0.15, 0.2) is 0 Å². The molecular weight excluding hydrogens is 151 g/mol. The Bertz CT molecular complexity index is 58.3. The summed E-state index contributed by atoms with van der Waals surface area (Å²) in [6.07, 6.45) is 3.09. The zero-order valence-corrected chi connectivity index (χ0v) is 11.1. The van der Waals surface area contributed by atoms with Gasteiger partial charge in [0.25, 0.3) is 0 Å². The molecule has 0 aliphatic heterocycles. The molecule has 0 amide bonds. The Hall–Kier alpha value is 1.60. The van der Waals surface area contributed by atoms with Gasteiger partial charge in [-0.15, -0.1) is 0 Å². The van der Waals surface area contributed by atoms with Gasteiger partial charge < -0.3 is 4.74 Å². The van der Waals surface area contributed by atoms with Crippen LogP contribution in [0.1, 0.15) is 40.5 Å². The van der Waals surface area contributed by atoms with E-state index < -0.39 is 0 Å². The maximum Gasteiger partial charge on any atom is 0.0548 e. The van der Waals surface area contributed by atoms with E-state index in [4.69, 9.17) is 4.74 Å². The molecule has 0 saturated carbocycles. The summed E-state index contributed by atoms with van der Waals surface area (Å²) in [7, 11) is 0. The maximum atomic E-state index is 5.55.